The third kappa shape index (κ3) is 3.49. The molecule has 0 saturated heterocycles. The number of nitrogens with zero attached hydrogens (tertiary/aromatic N) is 5. The smallest absolute Gasteiger partial charge is 0.192 e. The molecule has 0 amide bonds. The molecule has 0 atom stereocenters. The molecular weight excluding hydrogens is 342 g/mol. The Balaban J connectivity index is 1.91. The number of aryl methyl sites for hydroxylation is 1. The lowest BCUT2D eigenvalue weighted by Gasteiger charge is -2.10. The molecule has 0 bridgehead atoms. The summed E-state index contributed by atoms with van der Waals surface area (Å²) >= 11 is 3.19. The molecule has 0 fully saturated rings. The topological polar surface area (TPSA) is 65.7 Å². The van der Waals surface area contributed by atoms with Gasteiger partial charge in [-0.2, -0.15) is 0 Å². The molecule has 24 heavy (non-hydrogen) atoms. The minimum atomic E-state index is 0.623. The van der Waals surface area contributed by atoms with Crippen LogP contribution in [0.1, 0.15) is 10.0 Å². The minimum absolute atomic E-state index is 0.623. The second-order valence-corrected chi connectivity index (χ2v) is 7.12. The third-order valence-corrected chi connectivity index (χ3v) is 5.27. The van der Waals surface area contributed by atoms with Gasteiger partial charge in [-0.1, -0.05) is 30.0 Å². The number of methoxy groups -OCH3 is 1. The summed E-state index contributed by atoms with van der Waals surface area (Å²) in [6.07, 6.45) is 1.83. The van der Waals surface area contributed by atoms with Gasteiger partial charge in [0.05, 0.1) is 18.4 Å². The van der Waals surface area contributed by atoms with Crippen molar-refractivity contribution >= 4 is 23.1 Å². The molecule has 3 rings (SSSR count). The average molecular weight is 359 g/mol. The second-order valence-electron chi connectivity index (χ2n) is 4.91. The maximum Gasteiger partial charge on any atom is 0.192 e. The normalized spacial score (nSPS) is 10.8. The quantitative estimate of drug-likeness (QED) is 0.474. The molecule has 2 aromatic heterocycles. The Morgan fingerprint density at radius 1 is 1.25 bits per heavy atom. The van der Waals surface area contributed by atoms with Gasteiger partial charge in [0, 0.05) is 6.54 Å². The Hall–Kier alpha value is -2.19. The summed E-state index contributed by atoms with van der Waals surface area (Å²) in [4.78, 5) is 0. The molecule has 1 aromatic carbocycles. The van der Waals surface area contributed by atoms with Gasteiger partial charge in [0.15, 0.2) is 11.0 Å². The van der Waals surface area contributed by atoms with E-state index in [-0.39, 0.29) is 0 Å². The van der Waals surface area contributed by atoms with Crippen LogP contribution in [0.2, 0.25) is 0 Å². The third-order valence-electron chi connectivity index (χ3n) is 3.27. The van der Waals surface area contributed by atoms with Crippen LogP contribution in [0.25, 0.3) is 11.4 Å². The zero-order valence-corrected chi connectivity index (χ0v) is 15.1. The van der Waals surface area contributed by atoms with Gasteiger partial charge < -0.3 is 4.74 Å². The molecule has 0 unspecified atom stereocenters. The largest absolute Gasteiger partial charge is 0.496 e. The van der Waals surface area contributed by atoms with Crippen molar-refractivity contribution in [2.45, 2.75) is 24.4 Å². The SMILES string of the molecule is C=CCn1c(SCc2nnc(C)s2)nnc1-c1ccccc1OC. The van der Waals surface area contributed by atoms with Crippen molar-refractivity contribution in [2.75, 3.05) is 7.11 Å². The van der Waals surface area contributed by atoms with Crippen molar-refractivity contribution in [3.63, 3.8) is 0 Å². The first-order chi connectivity index (χ1) is 11.7. The van der Waals surface area contributed by atoms with Gasteiger partial charge in [-0.05, 0) is 19.1 Å². The first-order valence-corrected chi connectivity index (χ1v) is 9.12. The average Bonchev–Trinajstić information content (AvgIpc) is 3.19. The lowest BCUT2D eigenvalue weighted by Crippen LogP contribution is -2.01. The van der Waals surface area contributed by atoms with E-state index < -0.39 is 0 Å². The summed E-state index contributed by atoms with van der Waals surface area (Å²) in [5.74, 6) is 2.25. The highest BCUT2D eigenvalue weighted by atomic mass is 32.2. The van der Waals surface area contributed by atoms with Crippen molar-refractivity contribution in [1.82, 2.24) is 25.0 Å². The summed E-state index contributed by atoms with van der Waals surface area (Å²) in [5.41, 5.74) is 0.910. The molecular formula is C16H17N5OS2. The first kappa shape index (κ1) is 16.7. The lowest BCUT2D eigenvalue weighted by molar-refractivity contribution is 0.416. The van der Waals surface area contributed by atoms with Crippen LogP contribution in [-0.2, 0) is 12.3 Å². The molecule has 0 saturated carbocycles. The van der Waals surface area contributed by atoms with Crippen molar-refractivity contribution in [2.24, 2.45) is 0 Å². The van der Waals surface area contributed by atoms with E-state index in [1.165, 1.54) is 0 Å². The Morgan fingerprint density at radius 3 is 2.79 bits per heavy atom. The summed E-state index contributed by atoms with van der Waals surface area (Å²) < 4.78 is 7.48. The number of hydrogen-bond donors (Lipinski definition) is 0. The summed E-state index contributed by atoms with van der Waals surface area (Å²) in [6, 6.07) is 7.79. The number of ether oxygens (including phenoxy) is 1. The highest BCUT2D eigenvalue weighted by Crippen LogP contribution is 2.32. The van der Waals surface area contributed by atoms with Crippen molar-refractivity contribution in [3.8, 4) is 17.1 Å². The fraction of sp³-hybridized carbons (Fsp3) is 0.250. The Labute approximate surface area is 148 Å². The van der Waals surface area contributed by atoms with Gasteiger partial charge in [-0.3, -0.25) is 4.57 Å². The Kier molecular flexibility index (Phi) is 5.27. The molecule has 0 radical (unpaired) electrons. The lowest BCUT2D eigenvalue weighted by atomic mass is 10.2. The van der Waals surface area contributed by atoms with Crippen molar-refractivity contribution in [3.05, 3.63) is 46.9 Å². The van der Waals surface area contributed by atoms with Gasteiger partial charge in [-0.25, -0.2) is 0 Å². The maximum absolute atomic E-state index is 5.44. The van der Waals surface area contributed by atoms with E-state index in [1.54, 1.807) is 30.2 Å². The fourth-order valence-corrected chi connectivity index (χ4v) is 3.88. The molecule has 0 aliphatic heterocycles. The molecule has 124 valence electrons. The van der Waals surface area contributed by atoms with Crippen LogP contribution < -0.4 is 4.74 Å². The first-order valence-electron chi connectivity index (χ1n) is 7.32. The monoisotopic (exact) mass is 359 g/mol. The van der Waals surface area contributed by atoms with Crippen LogP contribution in [-0.4, -0.2) is 32.1 Å². The summed E-state index contributed by atoms with van der Waals surface area (Å²) in [7, 11) is 1.65. The van der Waals surface area contributed by atoms with E-state index in [0.717, 1.165) is 32.3 Å². The molecule has 0 N–H and O–H groups in total. The van der Waals surface area contributed by atoms with Crippen LogP contribution in [0.5, 0.6) is 5.75 Å². The van der Waals surface area contributed by atoms with Gasteiger partial charge in [0.1, 0.15) is 15.8 Å². The predicted octanol–water partition coefficient (Wildman–Crippen LogP) is 3.59. The number of aromatic nitrogens is 5. The van der Waals surface area contributed by atoms with Crippen LogP contribution in [0.4, 0.5) is 0 Å². The molecule has 2 heterocycles. The van der Waals surface area contributed by atoms with Crippen LogP contribution in [0.15, 0.2) is 42.1 Å². The Bertz CT molecular complexity index is 843. The van der Waals surface area contributed by atoms with E-state index in [2.05, 4.69) is 27.0 Å². The van der Waals surface area contributed by atoms with E-state index in [9.17, 15) is 0 Å². The van der Waals surface area contributed by atoms with Gasteiger partial charge in [0.25, 0.3) is 0 Å². The van der Waals surface area contributed by atoms with Crippen molar-refractivity contribution in [1.29, 1.82) is 0 Å². The second kappa shape index (κ2) is 7.59. The van der Waals surface area contributed by atoms with E-state index >= 15 is 0 Å². The molecule has 6 nitrogen and oxygen atoms in total. The minimum Gasteiger partial charge on any atom is -0.496 e. The number of para-hydroxylation sites is 1. The van der Waals surface area contributed by atoms with E-state index in [4.69, 9.17) is 4.74 Å². The van der Waals surface area contributed by atoms with Crippen LogP contribution in [0.3, 0.4) is 0 Å². The van der Waals surface area contributed by atoms with Crippen molar-refractivity contribution < 1.29 is 4.74 Å². The zero-order chi connectivity index (χ0) is 16.9. The number of thioether (sulfide) groups is 1. The number of rotatable bonds is 7. The maximum atomic E-state index is 5.44. The van der Waals surface area contributed by atoms with E-state index in [1.807, 2.05) is 41.8 Å². The highest BCUT2D eigenvalue weighted by Gasteiger charge is 2.17. The zero-order valence-electron chi connectivity index (χ0n) is 13.5. The van der Waals surface area contributed by atoms with Crippen LogP contribution >= 0.6 is 23.1 Å². The number of allylic oxidation sites excluding steroid dienone is 1. The standard InChI is InChI=1S/C16H17N5OS2/c1-4-9-21-15(12-7-5-6-8-13(12)22-3)19-20-16(21)23-10-14-18-17-11(2)24-14/h4-8H,1,9-10H2,2-3H3. The van der Waals surface area contributed by atoms with Gasteiger partial charge in [-0.15, -0.1) is 38.3 Å². The van der Waals surface area contributed by atoms with Gasteiger partial charge >= 0.3 is 0 Å². The molecule has 8 heteroatoms. The predicted molar refractivity (Wildman–Crippen MR) is 96.4 cm³/mol. The van der Waals surface area contributed by atoms with E-state index in [0.29, 0.717) is 12.3 Å². The summed E-state index contributed by atoms with van der Waals surface area (Å²) in [5, 5.41) is 19.7. The fourth-order valence-electron chi connectivity index (χ4n) is 2.24. The van der Waals surface area contributed by atoms with Gasteiger partial charge in [0.2, 0.25) is 0 Å². The molecule has 0 aliphatic carbocycles. The van der Waals surface area contributed by atoms with Crippen LogP contribution in [0, 0.1) is 6.92 Å². The molecule has 0 spiro atoms. The molecule has 3 aromatic rings. The number of hydrogen-bond acceptors (Lipinski definition) is 7. The Morgan fingerprint density at radius 2 is 2.08 bits per heavy atom. The number of benzene rings is 1. The summed E-state index contributed by atoms with van der Waals surface area (Å²) in [6.45, 7) is 6.41. The molecule has 0 aliphatic rings. The highest BCUT2D eigenvalue weighted by molar-refractivity contribution is 7.98.